The van der Waals surface area contributed by atoms with Crippen LogP contribution in [0, 0.1) is 22.7 Å². The lowest BCUT2D eigenvalue weighted by molar-refractivity contribution is -0.131. The van der Waals surface area contributed by atoms with Crippen LogP contribution in [-0.4, -0.2) is 35.0 Å². The van der Waals surface area contributed by atoms with Crippen LogP contribution in [0.25, 0.3) is 6.08 Å². The van der Waals surface area contributed by atoms with Gasteiger partial charge in [0, 0.05) is 16.3 Å². The SMILES string of the molecule is N#CCN(CC#N)C(=O)c1csc(C=CC(=O)O)c1. The number of hydrogen-bond donors (Lipinski definition) is 1. The first kappa shape index (κ1) is 14.4. The lowest BCUT2D eigenvalue weighted by Crippen LogP contribution is -2.31. The standard InChI is InChI=1S/C12H9N3O3S/c13-3-5-15(6-4-14)12(18)9-7-10(19-8-9)1-2-11(16)17/h1-2,7-8H,5-6H2,(H,16,17). The minimum absolute atomic E-state index is 0.164. The van der Waals surface area contributed by atoms with Crippen molar-refractivity contribution in [2.45, 2.75) is 0 Å². The highest BCUT2D eigenvalue weighted by Gasteiger charge is 2.16. The summed E-state index contributed by atoms with van der Waals surface area (Å²) in [5.74, 6) is -1.49. The lowest BCUT2D eigenvalue weighted by atomic mass is 10.2. The number of nitrogens with zero attached hydrogens (tertiary/aromatic N) is 3. The highest BCUT2D eigenvalue weighted by Crippen LogP contribution is 2.17. The van der Waals surface area contributed by atoms with Crippen LogP contribution >= 0.6 is 11.3 Å². The fourth-order valence-corrected chi connectivity index (χ4v) is 2.03. The normalized spacial score (nSPS) is 9.79. The molecule has 0 aliphatic heterocycles. The molecule has 1 aromatic rings. The molecule has 0 aliphatic rings. The van der Waals surface area contributed by atoms with Crippen LogP contribution in [0.1, 0.15) is 15.2 Å². The molecule has 1 N–H and O–H groups in total. The van der Waals surface area contributed by atoms with Gasteiger partial charge in [0.2, 0.25) is 0 Å². The topological polar surface area (TPSA) is 105 Å². The Morgan fingerprint density at radius 1 is 1.37 bits per heavy atom. The van der Waals surface area contributed by atoms with Crippen molar-refractivity contribution in [3.63, 3.8) is 0 Å². The van der Waals surface area contributed by atoms with Crippen molar-refractivity contribution in [1.29, 1.82) is 10.5 Å². The van der Waals surface area contributed by atoms with Gasteiger partial charge in [-0.2, -0.15) is 10.5 Å². The minimum atomic E-state index is -1.07. The molecule has 0 atom stereocenters. The number of nitriles is 2. The summed E-state index contributed by atoms with van der Waals surface area (Å²) in [5.41, 5.74) is 0.334. The molecular weight excluding hydrogens is 266 g/mol. The van der Waals surface area contributed by atoms with Crippen molar-refractivity contribution in [1.82, 2.24) is 4.90 Å². The zero-order valence-electron chi connectivity index (χ0n) is 9.74. The van der Waals surface area contributed by atoms with Crippen molar-refractivity contribution >= 4 is 29.3 Å². The zero-order valence-corrected chi connectivity index (χ0v) is 10.6. The Morgan fingerprint density at radius 2 is 2.00 bits per heavy atom. The van der Waals surface area contributed by atoms with Gasteiger partial charge in [-0.05, 0) is 12.1 Å². The molecule has 1 heterocycles. The summed E-state index contributed by atoms with van der Waals surface area (Å²) < 4.78 is 0. The molecule has 7 heteroatoms. The van der Waals surface area contributed by atoms with Gasteiger partial charge in [-0.1, -0.05) is 0 Å². The second-order valence-corrected chi connectivity index (χ2v) is 4.33. The number of aliphatic carboxylic acids is 1. The number of carboxylic acids is 1. The first-order chi connectivity index (χ1) is 9.08. The highest BCUT2D eigenvalue weighted by molar-refractivity contribution is 7.11. The van der Waals surface area contributed by atoms with E-state index >= 15 is 0 Å². The average molecular weight is 275 g/mol. The number of hydrogen-bond acceptors (Lipinski definition) is 5. The van der Waals surface area contributed by atoms with Gasteiger partial charge in [-0.15, -0.1) is 11.3 Å². The molecule has 0 radical (unpaired) electrons. The quantitative estimate of drug-likeness (QED) is 0.644. The monoisotopic (exact) mass is 275 g/mol. The third-order valence-electron chi connectivity index (χ3n) is 2.07. The molecule has 0 aromatic carbocycles. The Kier molecular flexibility index (Phi) is 5.27. The Morgan fingerprint density at radius 3 is 2.53 bits per heavy atom. The van der Waals surface area contributed by atoms with Crippen LogP contribution in [0.3, 0.4) is 0 Å². The molecule has 1 amide bonds. The molecule has 96 valence electrons. The van der Waals surface area contributed by atoms with Crippen LogP contribution in [-0.2, 0) is 4.79 Å². The van der Waals surface area contributed by atoms with Crippen LogP contribution in [0.2, 0.25) is 0 Å². The Bertz CT molecular complexity index is 576. The van der Waals surface area contributed by atoms with Crippen molar-refractivity contribution in [3.8, 4) is 12.1 Å². The molecule has 1 aromatic heterocycles. The van der Waals surface area contributed by atoms with E-state index in [9.17, 15) is 9.59 Å². The van der Waals surface area contributed by atoms with Crippen LogP contribution < -0.4 is 0 Å². The summed E-state index contributed by atoms with van der Waals surface area (Å²) in [5, 5.41) is 27.2. The Labute approximate surface area is 113 Å². The number of carboxylic acid groups (broad SMARTS) is 1. The molecule has 0 saturated heterocycles. The van der Waals surface area contributed by atoms with Crippen molar-refractivity contribution in [3.05, 3.63) is 28.0 Å². The van der Waals surface area contributed by atoms with Gasteiger partial charge >= 0.3 is 5.97 Å². The van der Waals surface area contributed by atoms with Gasteiger partial charge in [0.05, 0.1) is 17.7 Å². The Balaban J connectivity index is 2.86. The Hall–Kier alpha value is -2.64. The van der Waals surface area contributed by atoms with Gasteiger partial charge in [-0.25, -0.2) is 4.79 Å². The average Bonchev–Trinajstić information content (AvgIpc) is 2.84. The smallest absolute Gasteiger partial charge is 0.328 e. The summed E-state index contributed by atoms with van der Waals surface area (Å²) in [6.45, 7) is -0.328. The molecule has 0 aliphatic carbocycles. The van der Waals surface area contributed by atoms with Crippen molar-refractivity contribution < 1.29 is 14.7 Å². The predicted octanol–water partition coefficient (Wildman–Crippen LogP) is 1.34. The van der Waals surface area contributed by atoms with Gasteiger partial charge < -0.3 is 10.0 Å². The maximum atomic E-state index is 12.0. The number of carbonyl (C=O) groups excluding carboxylic acids is 1. The molecule has 6 nitrogen and oxygen atoms in total. The number of amides is 1. The summed E-state index contributed by atoms with van der Waals surface area (Å²) in [4.78, 5) is 24.1. The van der Waals surface area contributed by atoms with Crippen molar-refractivity contribution in [2.75, 3.05) is 13.1 Å². The molecular formula is C12H9N3O3S. The fourth-order valence-electron chi connectivity index (χ4n) is 1.26. The second-order valence-electron chi connectivity index (χ2n) is 3.39. The lowest BCUT2D eigenvalue weighted by Gasteiger charge is -2.14. The van der Waals surface area contributed by atoms with E-state index in [2.05, 4.69) is 0 Å². The van der Waals surface area contributed by atoms with Crippen LogP contribution in [0.15, 0.2) is 17.5 Å². The maximum absolute atomic E-state index is 12.0. The van der Waals surface area contributed by atoms with E-state index in [1.165, 1.54) is 23.5 Å². The fraction of sp³-hybridized carbons (Fsp3) is 0.167. The number of carbonyl (C=O) groups is 2. The second kappa shape index (κ2) is 6.94. The third-order valence-corrected chi connectivity index (χ3v) is 2.97. The molecule has 1 rings (SSSR count). The van der Waals surface area contributed by atoms with Gasteiger partial charge in [0.1, 0.15) is 13.1 Å². The van der Waals surface area contributed by atoms with Gasteiger partial charge in [0.15, 0.2) is 0 Å². The van der Waals surface area contributed by atoms with Gasteiger partial charge in [0.25, 0.3) is 5.91 Å². The van der Waals surface area contributed by atoms with E-state index in [1.807, 2.05) is 12.1 Å². The summed E-state index contributed by atoms with van der Waals surface area (Å²) in [6, 6.07) is 5.15. The molecule has 0 bridgehead atoms. The summed E-state index contributed by atoms with van der Waals surface area (Å²) in [7, 11) is 0. The molecule has 0 spiro atoms. The number of rotatable bonds is 5. The molecule has 19 heavy (non-hydrogen) atoms. The minimum Gasteiger partial charge on any atom is -0.478 e. The predicted molar refractivity (Wildman–Crippen MR) is 68.1 cm³/mol. The van der Waals surface area contributed by atoms with Crippen LogP contribution in [0.4, 0.5) is 0 Å². The van der Waals surface area contributed by atoms with Crippen molar-refractivity contribution in [2.24, 2.45) is 0 Å². The number of thiophene rings is 1. The largest absolute Gasteiger partial charge is 0.478 e. The van der Waals surface area contributed by atoms with E-state index in [1.54, 1.807) is 5.38 Å². The summed E-state index contributed by atoms with van der Waals surface area (Å²) >= 11 is 1.21. The summed E-state index contributed by atoms with van der Waals surface area (Å²) in [6.07, 6.45) is 2.35. The van der Waals surface area contributed by atoms with E-state index in [-0.39, 0.29) is 13.1 Å². The van der Waals surface area contributed by atoms with E-state index in [4.69, 9.17) is 15.6 Å². The molecule has 0 unspecified atom stereocenters. The maximum Gasteiger partial charge on any atom is 0.328 e. The zero-order chi connectivity index (χ0) is 14.3. The van der Waals surface area contributed by atoms with Crippen LogP contribution in [0.5, 0.6) is 0 Å². The van der Waals surface area contributed by atoms with E-state index < -0.39 is 11.9 Å². The highest BCUT2D eigenvalue weighted by atomic mass is 32.1. The molecule has 0 saturated carbocycles. The van der Waals surface area contributed by atoms with E-state index in [0.29, 0.717) is 10.4 Å². The van der Waals surface area contributed by atoms with E-state index in [0.717, 1.165) is 11.0 Å². The first-order valence-corrected chi connectivity index (χ1v) is 5.99. The molecule has 0 fully saturated rings. The van der Waals surface area contributed by atoms with Gasteiger partial charge in [-0.3, -0.25) is 4.79 Å². The first-order valence-electron chi connectivity index (χ1n) is 5.11. The third kappa shape index (κ3) is 4.26.